The van der Waals surface area contributed by atoms with Crippen molar-refractivity contribution in [1.82, 2.24) is 9.97 Å². The molecule has 2 nitrogen and oxygen atoms in total. The Bertz CT molecular complexity index is 1060. The Kier molecular flexibility index (Phi) is 5.37. The minimum Gasteiger partial charge on any atom is -0.226 e. The van der Waals surface area contributed by atoms with E-state index in [1.807, 2.05) is 24.3 Å². The molecule has 3 aromatic carbocycles. The molecule has 0 aliphatic carbocycles. The zero-order valence-corrected chi connectivity index (χ0v) is 17.2. The summed E-state index contributed by atoms with van der Waals surface area (Å²) in [7, 11) is 0. The van der Waals surface area contributed by atoms with Crippen molar-refractivity contribution in [2.24, 2.45) is 0 Å². The standard InChI is InChI=1S/C22H12ClF2IN2/c23-19-20(13-1-7-16(24)8-2-13)27-22(15-5-11-18(26)12-6-15)28-21(19)14-3-9-17(25)10-4-14/h1-12H. The molecule has 0 unspecified atom stereocenters. The van der Waals surface area contributed by atoms with Crippen molar-refractivity contribution < 1.29 is 8.78 Å². The molecule has 0 atom stereocenters. The van der Waals surface area contributed by atoms with Crippen LogP contribution in [0.5, 0.6) is 0 Å². The van der Waals surface area contributed by atoms with Gasteiger partial charge in [-0.25, -0.2) is 18.7 Å². The van der Waals surface area contributed by atoms with E-state index in [-0.39, 0.29) is 11.6 Å². The van der Waals surface area contributed by atoms with Crippen molar-refractivity contribution in [1.29, 1.82) is 0 Å². The molecule has 1 aromatic heterocycles. The molecule has 1 heterocycles. The van der Waals surface area contributed by atoms with E-state index < -0.39 is 0 Å². The minimum absolute atomic E-state index is 0.326. The normalized spacial score (nSPS) is 10.9. The van der Waals surface area contributed by atoms with Gasteiger partial charge in [0.2, 0.25) is 0 Å². The molecule has 0 radical (unpaired) electrons. The number of nitrogens with zero attached hydrogens (tertiary/aromatic N) is 2. The van der Waals surface area contributed by atoms with E-state index in [1.165, 1.54) is 24.3 Å². The van der Waals surface area contributed by atoms with Gasteiger partial charge in [-0.3, -0.25) is 0 Å². The Morgan fingerprint density at radius 2 is 1.00 bits per heavy atom. The maximum absolute atomic E-state index is 13.4. The smallest absolute Gasteiger partial charge is 0.160 e. The molecule has 4 rings (SSSR count). The molecule has 0 saturated heterocycles. The van der Waals surface area contributed by atoms with Gasteiger partial charge in [-0.1, -0.05) is 23.7 Å². The summed E-state index contributed by atoms with van der Waals surface area (Å²) < 4.78 is 27.8. The predicted molar refractivity (Wildman–Crippen MR) is 116 cm³/mol. The van der Waals surface area contributed by atoms with Crippen LogP contribution >= 0.6 is 34.2 Å². The summed E-state index contributed by atoms with van der Waals surface area (Å²) in [4.78, 5) is 9.27. The van der Waals surface area contributed by atoms with Crippen LogP contribution < -0.4 is 0 Å². The van der Waals surface area contributed by atoms with Crippen molar-refractivity contribution in [2.45, 2.75) is 0 Å². The van der Waals surface area contributed by atoms with Crippen molar-refractivity contribution in [3.63, 3.8) is 0 Å². The second kappa shape index (κ2) is 7.93. The topological polar surface area (TPSA) is 25.8 Å². The van der Waals surface area contributed by atoms with E-state index in [2.05, 4.69) is 32.6 Å². The molecule has 0 aliphatic rings. The summed E-state index contributed by atoms with van der Waals surface area (Å²) in [5.74, 6) is -0.199. The lowest BCUT2D eigenvalue weighted by Crippen LogP contribution is -1.98. The molecule has 0 N–H and O–H groups in total. The Morgan fingerprint density at radius 1 is 0.607 bits per heavy atom. The van der Waals surface area contributed by atoms with E-state index in [9.17, 15) is 8.78 Å². The molecule has 4 aromatic rings. The predicted octanol–water partition coefficient (Wildman–Crippen LogP) is 7.01. The van der Waals surface area contributed by atoms with Crippen molar-refractivity contribution in [2.75, 3.05) is 0 Å². The van der Waals surface area contributed by atoms with Gasteiger partial charge in [0.25, 0.3) is 0 Å². The molecule has 138 valence electrons. The highest BCUT2D eigenvalue weighted by Gasteiger charge is 2.17. The van der Waals surface area contributed by atoms with Crippen molar-refractivity contribution >= 4 is 34.2 Å². The number of hydrogen-bond donors (Lipinski definition) is 0. The highest BCUT2D eigenvalue weighted by atomic mass is 127. The van der Waals surface area contributed by atoms with Crippen LogP contribution in [0.4, 0.5) is 8.78 Å². The van der Waals surface area contributed by atoms with Gasteiger partial charge in [0.1, 0.15) is 11.6 Å². The van der Waals surface area contributed by atoms with E-state index >= 15 is 0 Å². The fourth-order valence-corrected chi connectivity index (χ4v) is 3.44. The number of benzene rings is 3. The molecule has 0 saturated carbocycles. The zero-order valence-electron chi connectivity index (χ0n) is 14.3. The van der Waals surface area contributed by atoms with E-state index in [0.29, 0.717) is 33.4 Å². The lowest BCUT2D eigenvalue weighted by molar-refractivity contribution is 0.627. The first kappa shape index (κ1) is 19.0. The van der Waals surface area contributed by atoms with Gasteiger partial charge in [0.05, 0.1) is 16.4 Å². The first-order chi connectivity index (χ1) is 13.5. The largest absolute Gasteiger partial charge is 0.226 e. The molecule has 0 amide bonds. The van der Waals surface area contributed by atoms with Crippen LogP contribution in [0.2, 0.25) is 5.02 Å². The number of rotatable bonds is 3. The number of hydrogen-bond acceptors (Lipinski definition) is 2. The lowest BCUT2D eigenvalue weighted by atomic mass is 10.1. The van der Waals surface area contributed by atoms with Crippen molar-refractivity contribution in [3.05, 3.63) is 93.0 Å². The van der Waals surface area contributed by atoms with Crippen molar-refractivity contribution in [3.8, 4) is 33.9 Å². The van der Waals surface area contributed by atoms with Crippen LogP contribution in [-0.4, -0.2) is 9.97 Å². The highest BCUT2D eigenvalue weighted by molar-refractivity contribution is 14.1. The Balaban J connectivity index is 1.95. The van der Waals surface area contributed by atoms with Crippen LogP contribution in [0, 0.1) is 15.2 Å². The van der Waals surface area contributed by atoms with E-state index in [4.69, 9.17) is 11.6 Å². The van der Waals surface area contributed by atoms with Crippen LogP contribution in [0.15, 0.2) is 72.8 Å². The first-order valence-electron chi connectivity index (χ1n) is 8.36. The third-order valence-electron chi connectivity index (χ3n) is 4.19. The van der Waals surface area contributed by atoms with Gasteiger partial charge in [-0.15, -0.1) is 0 Å². The quantitative estimate of drug-likeness (QED) is 0.280. The molecule has 0 fully saturated rings. The molecule has 28 heavy (non-hydrogen) atoms. The summed E-state index contributed by atoms with van der Waals surface area (Å²) in [6, 6.07) is 19.7. The highest BCUT2D eigenvalue weighted by Crippen LogP contribution is 2.36. The van der Waals surface area contributed by atoms with Crippen LogP contribution in [-0.2, 0) is 0 Å². The van der Waals surface area contributed by atoms with Gasteiger partial charge in [-0.05, 0) is 83.3 Å². The summed E-state index contributed by atoms with van der Waals surface area (Å²) >= 11 is 8.85. The fraction of sp³-hybridized carbons (Fsp3) is 0. The first-order valence-corrected chi connectivity index (χ1v) is 9.82. The lowest BCUT2D eigenvalue weighted by Gasteiger charge is -2.12. The van der Waals surface area contributed by atoms with Gasteiger partial charge in [0.15, 0.2) is 5.82 Å². The minimum atomic E-state index is -0.342. The number of aromatic nitrogens is 2. The molecule has 0 spiro atoms. The third-order valence-corrected chi connectivity index (χ3v) is 5.27. The monoisotopic (exact) mass is 504 g/mol. The summed E-state index contributed by atoms with van der Waals surface area (Å²) in [6.07, 6.45) is 0. The average molecular weight is 505 g/mol. The van der Waals surface area contributed by atoms with Gasteiger partial charge in [0, 0.05) is 20.3 Å². The number of halogens is 4. The SMILES string of the molecule is Fc1ccc(-c2nc(-c3ccc(I)cc3)nc(-c3ccc(F)cc3)c2Cl)cc1. The Hall–Kier alpha value is -2.38. The van der Waals surface area contributed by atoms with Crippen LogP contribution in [0.3, 0.4) is 0 Å². The third kappa shape index (κ3) is 3.91. The second-order valence-electron chi connectivity index (χ2n) is 6.08. The summed E-state index contributed by atoms with van der Waals surface area (Å²) in [5.41, 5.74) is 3.14. The fourth-order valence-electron chi connectivity index (χ4n) is 2.77. The maximum Gasteiger partial charge on any atom is 0.160 e. The van der Waals surface area contributed by atoms with Gasteiger partial charge in [-0.2, -0.15) is 0 Å². The molecule has 0 aliphatic heterocycles. The zero-order chi connectivity index (χ0) is 19.7. The average Bonchev–Trinajstić information content (AvgIpc) is 2.70. The second-order valence-corrected chi connectivity index (χ2v) is 7.70. The molecular weight excluding hydrogens is 493 g/mol. The van der Waals surface area contributed by atoms with Gasteiger partial charge < -0.3 is 0 Å². The van der Waals surface area contributed by atoms with Crippen LogP contribution in [0.25, 0.3) is 33.9 Å². The Labute approximate surface area is 179 Å². The summed E-state index contributed by atoms with van der Waals surface area (Å²) in [5, 5.41) is 0.326. The summed E-state index contributed by atoms with van der Waals surface area (Å²) in [6.45, 7) is 0. The molecular formula is C22H12ClF2IN2. The van der Waals surface area contributed by atoms with Gasteiger partial charge >= 0.3 is 0 Å². The maximum atomic E-state index is 13.4. The Morgan fingerprint density at radius 3 is 1.43 bits per heavy atom. The van der Waals surface area contributed by atoms with Crippen LogP contribution in [0.1, 0.15) is 0 Å². The van der Waals surface area contributed by atoms with E-state index in [1.54, 1.807) is 24.3 Å². The molecule has 0 bridgehead atoms. The van der Waals surface area contributed by atoms with E-state index in [0.717, 1.165) is 9.13 Å². The molecule has 6 heteroatoms.